The number of hydrogen-bond donors (Lipinski definition) is 0. The molecule has 0 amide bonds. The number of hydrogen-bond acceptors (Lipinski definition) is 2. The largest absolute Gasteiger partial charge is 0.455 e. The number of aromatic nitrogens is 1. The molecule has 8 aromatic rings. The van der Waals surface area contributed by atoms with E-state index >= 15 is 0 Å². The molecule has 0 bridgehead atoms. The zero-order valence-electron chi connectivity index (χ0n) is 35.2. The number of anilines is 3. The molecular formula is C52H53BN2O. The molecule has 2 aliphatic rings. The van der Waals surface area contributed by atoms with Crippen molar-refractivity contribution in [1.29, 1.82) is 0 Å². The lowest BCUT2D eigenvalue weighted by Crippen LogP contribution is -2.56. The summed E-state index contributed by atoms with van der Waals surface area (Å²) in [6.45, 7) is 27.9. The lowest BCUT2D eigenvalue weighted by molar-refractivity contribution is 0.590. The van der Waals surface area contributed by atoms with Crippen LogP contribution >= 0.6 is 0 Å². The van der Waals surface area contributed by atoms with Crippen molar-refractivity contribution < 1.29 is 4.42 Å². The van der Waals surface area contributed by atoms with E-state index in [-0.39, 0.29) is 28.5 Å². The van der Waals surface area contributed by atoms with Gasteiger partial charge in [-0.25, -0.2) is 0 Å². The molecule has 0 atom stereocenters. The zero-order chi connectivity index (χ0) is 39.4. The van der Waals surface area contributed by atoms with Gasteiger partial charge in [-0.1, -0.05) is 132 Å². The molecule has 56 heavy (non-hydrogen) atoms. The molecule has 0 fully saturated rings. The van der Waals surface area contributed by atoms with Crippen molar-refractivity contribution >= 4 is 78.6 Å². The van der Waals surface area contributed by atoms with E-state index in [0.717, 1.165) is 21.9 Å². The first kappa shape index (κ1) is 35.2. The van der Waals surface area contributed by atoms with E-state index in [1.807, 2.05) is 0 Å². The average Bonchev–Trinajstić information content (AvgIpc) is 3.67. The Bertz CT molecular complexity index is 2960. The van der Waals surface area contributed by atoms with E-state index in [1.165, 1.54) is 83.2 Å². The molecule has 0 N–H and O–H groups in total. The van der Waals surface area contributed by atoms with Crippen molar-refractivity contribution in [3.8, 4) is 11.1 Å². The van der Waals surface area contributed by atoms with E-state index in [1.54, 1.807) is 0 Å². The highest BCUT2D eigenvalue weighted by Gasteiger charge is 2.45. The third kappa shape index (κ3) is 4.97. The minimum absolute atomic E-state index is 0.00156. The highest BCUT2D eigenvalue weighted by molar-refractivity contribution is 6.90. The molecule has 3 nitrogen and oxygen atoms in total. The van der Waals surface area contributed by atoms with Gasteiger partial charge in [0.1, 0.15) is 11.2 Å². The van der Waals surface area contributed by atoms with Gasteiger partial charge in [0.05, 0.1) is 0 Å². The van der Waals surface area contributed by atoms with Gasteiger partial charge in [-0.15, -0.1) is 0 Å². The third-order valence-corrected chi connectivity index (χ3v) is 12.8. The summed E-state index contributed by atoms with van der Waals surface area (Å²) >= 11 is 0. The SMILES string of the molecule is CC(C)(C)c1cccc(N2c3cc(C(C)(C)C)ccc3B3c4c2cc2c(oc5ccccc52)c4-c2cc(C(C)(C)C)cc4c5cc(C(C)(C)C)ccc5n3c24)c1. The Morgan fingerprint density at radius 2 is 1.14 bits per heavy atom. The van der Waals surface area contributed by atoms with Gasteiger partial charge in [-0.3, -0.25) is 0 Å². The number of rotatable bonds is 1. The standard InChI is InChI=1S/C52H53BN2O/c1-49(2,3)30-16-15-17-34(24-30)54-42-28-32(51(7,8)9)20-22-40(42)53-46-43(54)29-38-35-18-13-14-19-44(35)56-48(38)45(46)39-27-33(52(10,11)12)26-37-36-25-31(50(4,5)6)21-23-41(36)55(53)47(37)39/h13-29H,1-12H3. The number of benzene rings is 6. The summed E-state index contributed by atoms with van der Waals surface area (Å²) in [5.74, 6) is 0. The number of para-hydroxylation sites is 1. The van der Waals surface area contributed by atoms with E-state index in [4.69, 9.17) is 4.42 Å². The van der Waals surface area contributed by atoms with Gasteiger partial charge in [-0.2, -0.15) is 0 Å². The Hall–Kier alpha value is -5.22. The van der Waals surface area contributed by atoms with E-state index in [0.29, 0.717) is 0 Å². The first-order chi connectivity index (χ1) is 26.3. The van der Waals surface area contributed by atoms with Crippen molar-refractivity contribution in [2.75, 3.05) is 4.90 Å². The highest BCUT2D eigenvalue weighted by atomic mass is 16.3. The molecule has 280 valence electrons. The molecule has 4 heteroatoms. The van der Waals surface area contributed by atoms with Crippen molar-refractivity contribution in [1.82, 2.24) is 4.48 Å². The zero-order valence-corrected chi connectivity index (χ0v) is 35.2. The summed E-state index contributed by atoms with van der Waals surface area (Å²) in [7, 11) is 0. The molecule has 0 radical (unpaired) electrons. The number of furan rings is 1. The van der Waals surface area contributed by atoms with Crippen LogP contribution in [-0.2, 0) is 21.7 Å². The first-order valence-electron chi connectivity index (χ1n) is 20.5. The quantitative estimate of drug-likeness (QED) is 0.157. The number of fused-ring (bicyclic) bond motifs is 11. The molecule has 6 aromatic carbocycles. The maximum atomic E-state index is 7.06. The Labute approximate surface area is 332 Å². The fourth-order valence-electron chi connectivity index (χ4n) is 9.51. The summed E-state index contributed by atoms with van der Waals surface area (Å²) in [5, 5.41) is 4.96. The van der Waals surface area contributed by atoms with Crippen LogP contribution in [0.4, 0.5) is 17.1 Å². The second kappa shape index (κ2) is 11.2. The van der Waals surface area contributed by atoms with Crippen LogP contribution in [0.3, 0.4) is 0 Å². The van der Waals surface area contributed by atoms with Crippen LogP contribution in [-0.4, -0.2) is 11.3 Å². The minimum Gasteiger partial charge on any atom is -0.455 e. The molecular weight excluding hydrogens is 679 g/mol. The van der Waals surface area contributed by atoms with E-state index in [9.17, 15) is 0 Å². The van der Waals surface area contributed by atoms with Crippen molar-refractivity contribution in [2.24, 2.45) is 0 Å². The predicted octanol–water partition coefficient (Wildman–Crippen LogP) is 13.3. The fourth-order valence-corrected chi connectivity index (χ4v) is 9.51. The van der Waals surface area contributed by atoms with Crippen molar-refractivity contribution in [3.63, 3.8) is 0 Å². The van der Waals surface area contributed by atoms with E-state index in [2.05, 4.69) is 196 Å². The van der Waals surface area contributed by atoms with Crippen LogP contribution in [0.2, 0.25) is 0 Å². The maximum Gasteiger partial charge on any atom is 0.333 e. The second-order valence-corrected chi connectivity index (χ2v) is 20.7. The van der Waals surface area contributed by atoms with Crippen LogP contribution in [0.25, 0.3) is 54.9 Å². The molecule has 0 saturated carbocycles. The van der Waals surface area contributed by atoms with Crippen LogP contribution in [0, 0.1) is 0 Å². The Kier molecular flexibility index (Phi) is 7.05. The van der Waals surface area contributed by atoms with Gasteiger partial charge in [0.25, 0.3) is 0 Å². The van der Waals surface area contributed by atoms with Crippen LogP contribution in [0.5, 0.6) is 0 Å². The second-order valence-electron chi connectivity index (χ2n) is 20.7. The number of nitrogens with zero attached hydrogens (tertiary/aromatic N) is 2. The predicted molar refractivity (Wildman–Crippen MR) is 242 cm³/mol. The van der Waals surface area contributed by atoms with Crippen LogP contribution < -0.4 is 15.8 Å². The maximum absolute atomic E-state index is 7.06. The van der Waals surface area contributed by atoms with Gasteiger partial charge >= 0.3 is 6.85 Å². The smallest absolute Gasteiger partial charge is 0.333 e. The van der Waals surface area contributed by atoms with E-state index < -0.39 is 0 Å². The van der Waals surface area contributed by atoms with Gasteiger partial charge in [0, 0.05) is 60.8 Å². The summed E-state index contributed by atoms with van der Waals surface area (Å²) in [4.78, 5) is 2.58. The molecule has 10 rings (SSSR count). The molecule has 4 heterocycles. The minimum atomic E-state index is -0.0607. The highest BCUT2D eigenvalue weighted by Crippen LogP contribution is 2.51. The topological polar surface area (TPSA) is 21.3 Å². The lowest BCUT2D eigenvalue weighted by atomic mass is 9.44. The van der Waals surface area contributed by atoms with Gasteiger partial charge < -0.3 is 13.8 Å². The van der Waals surface area contributed by atoms with Gasteiger partial charge in [0.15, 0.2) is 0 Å². The summed E-state index contributed by atoms with van der Waals surface area (Å²) in [6, 6.07) is 39.8. The van der Waals surface area contributed by atoms with Gasteiger partial charge in [0.2, 0.25) is 0 Å². The van der Waals surface area contributed by atoms with Crippen LogP contribution in [0.1, 0.15) is 105 Å². The van der Waals surface area contributed by atoms with Crippen molar-refractivity contribution in [3.05, 3.63) is 125 Å². The molecule has 2 aromatic heterocycles. The molecule has 0 unspecified atom stereocenters. The van der Waals surface area contributed by atoms with Gasteiger partial charge in [-0.05, 0) is 109 Å². The van der Waals surface area contributed by atoms with Crippen LogP contribution in [0.15, 0.2) is 108 Å². The first-order valence-corrected chi connectivity index (χ1v) is 20.5. The molecule has 0 saturated heterocycles. The Morgan fingerprint density at radius 3 is 1.86 bits per heavy atom. The normalized spacial score (nSPS) is 14.4. The fraction of sp³-hybridized carbons (Fsp3) is 0.308. The third-order valence-electron chi connectivity index (χ3n) is 12.8. The Balaban J connectivity index is 1.44. The van der Waals surface area contributed by atoms with Crippen molar-refractivity contribution in [2.45, 2.75) is 105 Å². The summed E-state index contributed by atoms with van der Waals surface area (Å²) in [5.41, 5.74) is 18.5. The summed E-state index contributed by atoms with van der Waals surface area (Å²) in [6.07, 6.45) is 0. The lowest BCUT2D eigenvalue weighted by Gasteiger charge is -2.41. The molecule has 2 aliphatic heterocycles. The average molecular weight is 733 g/mol. The molecule has 0 aliphatic carbocycles. The monoisotopic (exact) mass is 732 g/mol. The summed E-state index contributed by atoms with van der Waals surface area (Å²) < 4.78 is 9.75. The Morgan fingerprint density at radius 1 is 0.500 bits per heavy atom. The molecule has 0 spiro atoms.